The number of hydrogen-bond acceptors (Lipinski definition) is 4. The van der Waals surface area contributed by atoms with Crippen molar-refractivity contribution in [1.82, 2.24) is 14.9 Å². The number of halogens is 6. The van der Waals surface area contributed by atoms with Gasteiger partial charge in [-0.2, -0.15) is 13.2 Å². The van der Waals surface area contributed by atoms with Gasteiger partial charge in [0.25, 0.3) is 5.91 Å². The third-order valence-corrected chi connectivity index (χ3v) is 5.74. The Balaban J connectivity index is 1.52. The number of nitrogens with zero attached hydrogens (tertiary/aromatic N) is 3. The summed E-state index contributed by atoms with van der Waals surface area (Å²) >= 11 is 3.03. The zero-order valence-electron chi connectivity index (χ0n) is 14.9. The van der Waals surface area contributed by atoms with Crippen LogP contribution in [0, 0.1) is 5.82 Å². The molecule has 0 radical (unpaired) electrons. The van der Waals surface area contributed by atoms with Crippen LogP contribution in [0.5, 0.6) is 0 Å². The van der Waals surface area contributed by atoms with E-state index in [0.717, 1.165) is 4.90 Å². The largest absolute Gasteiger partial charge is 0.419 e. The number of carbonyl (C=O) groups is 2. The molecule has 0 unspecified atom stereocenters. The first kappa shape index (κ1) is 20.6. The Bertz CT molecular complexity index is 1050. The van der Waals surface area contributed by atoms with E-state index in [1.54, 1.807) is 0 Å². The van der Waals surface area contributed by atoms with Crippen molar-refractivity contribution >= 4 is 33.7 Å². The van der Waals surface area contributed by atoms with Crippen LogP contribution in [0.25, 0.3) is 0 Å². The highest BCUT2D eigenvalue weighted by Crippen LogP contribution is 2.55. The molecule has 0 bridgehead atoms. The predicted molar refractivity (Wildman–Crippen MR) is 96.9 cm³/mol. The molecule has 2 heterocycles. The first-order valence-corrected chi connectivity index (χ1v) is 9.43. The fourth-order valence-electron chi connectivity index (χ4n) is 3.56. The molecule has 2 aromatic rings. The van der Waals surface area contributed by atoms with Crippen LogP contribution >= 0.6 is 15.9 Å². The molecule has 30 heavy (non-hydrogen) atoms. The van der Waals surface area contributed by atoms with Gasteiger partial charge in [-0.1, -0.05) is 0 Å². The van der Waals surface area contributed by atoms with E-state index in [0.29, 0.717) is 12.4 Å². The Morgan fingerprint density at radius 2 is 1.93 bits per heavy atom. The van der Waals surface area contributed by atoms with Gasteiger partial charge in [-0.3, -0.25) is 14.9 Å². The normalized spacial score (nSPS) is 22.8. The van der Waals surface area contributed by atoms with E-state index in [2.05, 4.69) is 31.2 Å². The molecule has 158 valence electrons. The van der Waals surface area contributed by atoms with Gasteiger partial charge >= 0.3 is 6.18 Å². The van der Waals surface area contributed by atoms with Crippen molar-refractivity contribution in [2.75, 3.05) is 18.4 Å². The van der Waals surface area contributed by atoms with Gasteiger partial charge in [-0.15, -0.1) is 0 Å². The highest BCUT2D eigenvalue weighted by atomic mass is 79.9. The van der Waals surface area contributed by atoms with Crippen molar-refractivity contribution in [2.45, 2.75) is 24.2 Å². The molecule has 1 aliphatic carbocycles. The van der Waals surface area contributed by atoms with Crippen molar-refractivity contribution in [3.8, 4) is 0 Å². The number of hydrogen-bond donors (Lipinski definition) is 1. The number of anilines is 1. The number of aromatic nitrogens is 2. The molecule has 0 saturated heterocycles. The Morgan fingerprint density at radius 1 is 1.30 bits per heavy atom. The maximum Gasteiger partial charge on any atom is 0.419 e. The fraction of sp³-hybridized carbons (Fsp3) is 0.333. The number of alkyl halides is 4. The number of rotatable bonds is 3. The molecular formula is C18H12BrF5N4O2. The zero-order valence-corrected chi connectivity index (χ0v) is 16.5. The summed E-state index contributed by atoms with van der Waals surface area (Å²) < 4.78 is 66.6. The number of benzene rings is 1. The number of carbonyl (C=O) groups excluding carboxylic acids is 2. The monoisotopic (exact) mass is 490 g/mol. The van der Waals surface area contributed by atoms with Crippen LogP contribution in [-0.4, -0.2) is 45.9 Å². The van der Waals surface area contributed by atoms with Crippen molar-refractivity contribution in [3.05, 3.63) is 51.5 Å². The second-order valence-corrected chi connectivity index (χ2v) is 7.97. The fourth-order valence-corrected chi connectivity index (χ4v) is 3.90. The summed E-state index contributed by atoms with van der Waals surface area (Å²) in [5.74, 6) is -2.51. The molecular weight excluding hydrogens is 479 g/mol. The lowest BCUT2D eigenvalue weighted by molar-refractivity contribution is -0.138. The van der Waals surface area contributed by atoms with Crippen molar-refractivity contribution in [3.63, 3.8) is 0 Å². The molecule has 2 amide bonds. The lowest BCUT2D eigenvalue weighted by Gasteiger charge is -2.34. The Kier molecular flexibility index (Phi) is 4.79. The molecule has 1 saturated carbocycles. The lowest BCUT2D eigenvalue weighted by atomic mass is 9.85. The Hall–Kier alpha value is -2.63. The molecule has 1 spiro atoms. The van der Waals surface area contributed by atoms with Crippen molar-refractivity contribution < 1.29 is 31.5 Å². The van der Waals surface area contributed by atoms with E-state index in [1.165, 1.54) is 12.1 Å². The molecule has 4 rings (SSSR count). The minimum atomic E-state index is -4.62. The van der Waals surface area contributed by atoms with E-state index in [4.69, 9.17) is 0 Å². The molecule has 1 aromatic heterocycles. The molecule has 1 fully saturated rings. The van der Waals surface area contributed by atoms with Crippen LogP contribution in [0.2, 0.25) is 0 Å². The molecule has 1 aliphatic heterocycles. The summed E-state index contributed by atoms with van der Waals surface area (Å²) in [7, 11) is 0. The smallest absolute Gasteiger partial charge is 0.328 e. The minimum Gasteiger partial charge on any atom is -0.328 e. The maximum atomic E-state index is 14.6. The van der Waals surface area contributed by atoms with Crippen LogP contribution in [-0.2, 0) is 16.4 Å². The summed E-state index contributed by atoms with van der Waals surface area (Å²) in [6, 6.07) is 2.69. The topological polar surface area (TPSA) is 75.2 Å². The SMILES string of the molecule is O=C(CN1C[C@]2(C[C@H]2F)c2c(ccc(Br)c2F)C1=O)Nc1ncc(C(F)(F)F)cn1. The average Bonchev–Trinajstić information content (AvgIpc) is 3.30. The third-order valence-electron chi connectivity index (χ3n) is 5.13. The summed E-state index contributed by atoms with van der Waals surface area (Å²) in [4.78, 5) is 32.9. The second kappa shape index (κ2) is 6.96. The summed E-state index contributed by atoms with van der Waals surface area (Å²) in [5, 5.41) is 2.19. The highest BCUT2D eigenvalue weighted by Gasteiger charge is 2.62. The molecule has 2 atom stereocenters. The van der Waals surface area contributed by atoms with Crippen LogP contribution in [0.15, 0.2) is 29.0 Å². The van der Waals surface area contributed by atoms with E-state index in [1.807, 2.05) is 0 Å². The van der Waals surface area contributed by atoms with E-state index in [-0.39, 0.29) is 34.5 Å². The number of fused-ring (bicyclic) bond motifs is 2. The summed E-state index contributed by atoms with van der Waals surface area (Å²) in [5.41, 5.74) is -2.33. The maximum absolute atomic E-state index is 14.6. The predicted octanol–water partition coefficient (Wildman–Crippen LogP) is 3.47. The van der Waals surface area contributed by atoms with Crippen molar-refractivity contribution in [1.29, 1.82) is 0 Å². The van der Waals surface area contributed by atoms with Crippen LogP contribution < -0.4 is 5.32 Å². The Labute approximate surface area is 174 Å². The number of amides is 2. The van der Waals surface area contributed by atoms with E-state index < -0.39 is 47.5 Å². The van der Waals surface area contributed by atoms with Crippen LogP contribution in [0.3, 0.4) is 0 Å². The first-order valence-electron chi connectivity index (χ1n) is 8.64. The molecule has 6 nitrogen and oxygen atoms in total. The second-order valence-electron chi connectivity index (χ2n) is 7.11. The first-order chi connectivity index (χ1) is 14.0. The van der Waals surface area contributed by atoms with Crippen molar-refractivity contribution in [2.24, 2.45) is 0 Å². The Morgan fingerprint density at radius 3 is 2.50 bits per heavy atom. The van der Waals surface area contributed by atoms with Gasteiger partial charge in [-0.25, -0.2) is 18.7 Å². The summed E-state index contributed by atoms with van der Waals surface area (Å²) in [6.07, 6.45) is -4.95. The van der Waals surface area contributed by atoms with Gasteiger partial charge in [0.05, 0.1) is 15.5 Å². The van der Waals surface area contributed by atoms with Gasteiger partial charge in [0.2, 0.25) is 11.9 Å². The van der Waals surface area contributed by atoms with Gasteiger partial charge < -0.3 is 4.90 Å². The highest BCUT2D eigenvalue weighted by molar-refractivity contribution is 9.10. The minimum absolute atomic E-state index is 0.00268. The lowest BCUT2D eigenvalue weighted by Crippen LogP contribution is -2.48. The van der Waals surface area contributed by atoms with Crippen LogP contribution in [0.4, 0.5) is 27.9 Å². The molecule has 12 heteroatoms. The average molecular weight is 491 g/mol. The molecule has 1 N–H and O–H groups in total. The van der Waals surface area contributed by atoms with Crippen LogP contribution in [0.1, 0.15) is 27.9 Å². The van der Waals surface area contributed by atoms with E-state index in [9.17, 15) is 31.5 Å². The zero-order chi connectivity index (χ0) is 21.8. The third kappa shape index (κ3) is 3.42. The summed E-state index contributed by atoms with van der Waals surface area (Å²) in [6.45, 7) is -0.719. The standard InChI is InChI=1S/C18H12BrF5N4O2/c19-10-2-1-9-13(14(10)21)17(3-11(17)20)7-28(15(9)30)6-12(29)27-16-25-4-8(5-26-16)18(22,23)24/h1-2,4-5,11H,3,6-7H2,(H,25,26,27,29)/t11-,17+/m1/s1. The van der Waals surface area contributed by atoms with Gasteiger partial charge in [0, 0.05) is 30.1 Å². The quantitative estimate of drug-likeness (QED) is 0.668. The van der Waals surface area contributed by atoms with Gasteiger partial charge in [-0.05, 0) is 34.5 Å². The molecule has 2 aliphatic rings. The number of nitrogens with one attached hydrogen (secondary N) is 1. The van der Waals surface area contributed by atoms with Gasteiger partial charge in [0.1, 0.15) is 18.5 Å². The van der Waals surface area contributed by atoms with E-state index >= 15 is 0 Å². The molecule has 1 aromatic carbocycles. The van der Waals surface area contributed by atoms with Gasteiger partial charge in [0.15, 0.2) is 0 Å².